The fourth-order valence-corrected chi connectivity index (χ4v) is 2.11. The predicted octanol–water partition coefficient (Wildman–Crippen LogP) is 3.01. The third kappa shape index (κ3) is 4.69. The fraction of sp³-hybridized carbons (Fsp3) is 0.333. The van der Waals surface area contributed by atoms with E-state index in [0.29, 0.717) is 18.0 Å². The Morgan fingerprint density at radius 1 is 1.46 bits per heavy atom. The normalized spacial score (nSPS) is 10.4. The molecule has 0 aliphatic heterocycles. The van der Waals surface area contributed by atoms with Gasteiger partial charge in [0.2, 0.25) is 0 Å². The van der Waals surface area contributed by atoms with E-state index in [2.05, 4.69) is 10.4 Å². The summed E-state index contributed by atoms with van der Waals surface area (Å²) < 4.78 is 6.90. The highest BCUT2D eigenvalue weighted by Crippen LogP contribution is 2.28. The molecule has 0 aliphatic rings. The highest BCUT2D eigenvalue weighted by Gasteiger charge is 2.12. The zero-order valence-corrected chi connectivity index (χ0v) is 13.8. The Bertz CT molecular complexity index is 732. The number of carbonyl (C=O) groups is 1. The lowest BCUT2D eigenvalue weighted by atomic mass is 10.3. The molecule has 9 heteroatoms. The second kappa shape index (κ2) is 8.30. The molecule has 8 nitrogen and oxygen atoms in total. The van der Waals surface area contributed by atoms with Crippen LogP contribution in [0.5, 0.6) is 5.75 Å². The predicted molar refractivity (Wildman–Crippen MR) is 88.2 cm³/mol. The lowest BCUT2D eigenvalue weighted by Gasteiger charge is -2.07. The second-order valence-electron chi connectivity index (χ2n) is 5.00. The summed E-state index contributed by atoms with van der Waals surface area (Å²) in [4.78, 5) is 22.0. The molecule has 0 spiro atoms. The maximum atomic E-state index is 11.8. The van der Waals surface area contributed by atoms with Crippen molar-refractivity contribution < 1.29 is 14.5 Å². The number of nitrogens with one attached hydrogen (secondary N) is 1. The monoisotopic (exact) mass is 352 g/mol. The molecule has 1 heterocycles. The first-order valence-corrected chi connectivity index (χ1v) is 7.77. The van der Waals surface area contributed by atoms with Crippen molar-refractivity contribution in [3.05, 3.63) is 51.3 Å². The van der Waals surface area contributed by atoms with Crippen LogP contribution < -0.4 is 10.1 Å². The van der Waals surface area contributed by atoms with E-state index in [4.69, 9.17) is 16.3 Å². The third-order valence-corrected chi connectivity index (χ3v) is 3.46. The smallest absolute Gasteiger partial charge is 0.271 e. The number of nitro benzene ring substituents is 1. The second-order valence-corrected chi connectivity index (χ2v) is 5.40. The zero-order chi connectivity index (χ0) is 17.5. The summed E-state index contributed by atoms with van der Waals surface area (Å²) in [6, 6.07) is 5.52. The van der Waals surface area contributed by atoms with Gasteiger partial charge in [0.1, 0.15) is 11.4 Å². The van der Waals surface area contributed by atoms with Crippen LogP contribution in [0, 0.1) is 10.1 Å². The van der Waals surface area contributed by atoms with E-state index < -0.39 is 4.92 Å². The maximum Gasteiger partial charge on any atom is 0.271 e. The number of amides is 1. The SMILES string of the molecule is CCCCNC(=O)c1ccn(COc2ccc([N+](=O)[O-])cc2Cl)n1. The number of unbranched alkanes of at least 4 members (excludes halogenated alkanes) is 1. The van der Waals surface area contributed by atoms with Crippen molar-refractivity contribution in [2.75, 3.05) is 6.54 Å². The molecule has 0 fully saturated rings. The van der Waals surface area contributed by atoms with Gasteiger partial charge in [0, 0.05) is 24.9 Å². The molecule has 24 heavy (non-hydrogen) atoms. The average Bonchev–Trinajstić information content (AvgIpc) is 3.02. The minimum atomic E-state index is -0.535. The number of hydrogen-bond donors (Lipinski definition) is 1. The van der Waals surface area contributed by atoms with Crippen LogP contribution in [0.1, 0.15) is 30.3 Å². The number of nitrogens with zero attached hydrogens (tertiary/aromatic N) is 3. The largest absolute Gasteiger partial charge is 0.470 e. The van der Waals surface area contributed by atoms with Crippen LogP contribution in [-0.4, -0.2) is 27.2 Å². The molecule has 0 unspecified atom stereocenters. The molecular formula is C15H17ClN4O4. The minimum Gasteiger partial charge on any atom is -0.470 e. The van der Waals surface area contributed by atoms with Crippen molar-refractivity contribution in [1.82, 2.24) is 15.1 Å². The Balaban J connectivity index is 1.93. The highest BCUT2D eigenvalue weighted by molar-refractivity contribution is 6.32. The number of halogens is 1. The van der Waals surface area contributed by atoms with E-state index in [1.165, 1.54) is 22.9 Å². The molecule has 0 atom stereocenters. The van der Waals surface area contributed by atoms with Gasteiger partial charge in [-0.1, -0.05) is 24.9 Å². The first-order valence-electron chi connectivity index (χ1n) is 7.39. The van der Waals surface area contributed by atoms with Crippen LogP contribution in [-0.2, 0) is 6.73 Å². The van der Waals surface area contributed by atoms with Gasteiger partial charge >= 0.3 is 0 Å². The van der Waals surface area contributed by atoms with Crippen molar-refractivity contribution in [2.45, 2.75) is 26.5 Å². The molecule has 2 aromatic rings. The van der Waals surface area contributed by atoms with Gasteiger partial charge < -0.3 is 10.1 Å². The van der Waals surface area contributed by atoms with Gasteiger partial charge in [0.15, 0.2) is 6.73 Å². The lowest BCUT2D eigenvalue weighted by molar-refractivity contribution is -0.384. The number of aromatic nitrogens is 2. The topological polar surface area (TPSA) is 99.3 Å². The first-order chi connectivity index (χ1) is 11.5. The van der Waals surface area contributed by atoms with Gasteiger partial charge in [-0.3, -0.25) is 14.9 Å². The number of non-ortho nitro benzene ring substituents is 1. The van der Waals surface area contributed by atoms with E-state index in [0.717, 1.165) is 12.8 Å². The molecule has 128 valence electrons. The van der Waals surface area contributed by atoms with Crippen LogP contribution in [0.25, 0.3) is 0 Å². The van der Waals surface area contributed by atoms with Crippen molar-refractivity contribution in [3.8, 4) is 5.75 Å². The molecule has 1 N–H and O–H groups in total. The van der Waals surface area contributed by atoms with Crippen LogP contribution in [0.3, 0.4) is 0 Å². The lowest BCUT2D eigenvalue weighted by Crippen LogP contribution is -2.25. The molecule has 0 aliphatic carbocycles. The van der Waals surface area contributed by atoms with Gasteiger partial charge in [-0.15, -0.1) is 0 Å². The fourth-order valence-electron chi connectivity index (χ4n) is 1.88. The third-order valence-electron chi connectivity index (χ3n) is 3.17. The average molecular weight is 353 g/mol. The highest BCUT2D eigenvalue weighted by atomic mass is 35.5. The molecular weight excluding hydrogens is 336 g/mol. The quantitative estimate of drug-likeness (QED) is 0.447. The molecule has 0 radical (unpaired) electrons. The van der Waals surface area contributed by atoms with Gasteiger partial charge in [-0.2, -0.15) is 5.10 Å². The van der Waals surface area contributed by atoms with Crippen molar-refractivity contribution in [3.63, 3.8) is 0 Å². The maximum absolute atomic E-state index is 11.8. The Morgan fingerprint density at radius 2 is 2.25 bits per heavy atom. The number of benzene rings is 1. The van der Waals surface area contributed by atoms with Crippen LogP contribution >= 0.6 is 11.6 Å². The van der Waals surface area contributed by atoms with Crippen molar-refractivity contribution >= 4 is 23.2 Å². The van der Waals surface area contributed by atoms with Crippen LogP contribution in [0.15, 0.2) is 30.5 Å². The first kappa shape index (κ1) is 17.7. The summed E-state index contributed by atoms with van der Waals surface area (Å²) in [6.45, 7) is 2.68. The van der Waals surface area contributed by atoms with Crippen molar-refractivity contribution in [1.29, 1.82) is 0 Å². The number of carbonyl (C=O) groups excluding carboxylic acids is 1. The molecule has 1 amide bonds. The summed E-state index contributed by atoms with van der Waals surface area (Å²) in [5, 5.41) is 17.7. The Labute approximate surface area is 143 Å². The minimum absolute atomic E-state index is 0.0276. The summed E-state index contributed by atoms with van der Waals surface area (Å²) in [5.41, 5.74) is 0.182. The standard InChI is InChI=1S/C15H17ClN4O4/c1-2-3-7-17-15(21)13-6-8-19(18-13)10-24-14-5-4-11(20(22)23)9-12(14)16/h4-6,8-9H,2-3,7,10H2,1H3,(H,17,21). The molecule has 1 aromatic carbocycles. The van der Waals surface area contributed by atoms with E-state index >= 15 is 0 Å². The van der Waals surface area contributed by atoms with Crippen LogP contribution in [0.2, 0.25) is 5.02 Å². The summed E-state index contributed by atoms with van der Waals surface area (Å²) in [6.07, 6.45) is 3.51. The van der Waals surface area contributed by atoms with E-state index in [1.807, 2.05) is 6.92 Å². The van der Waals surface area contributed by atoms with Gasteiger partial charge in [0.25, 0.3) is 11.6 Å². The number of hydrogen-bond acceptors (Lipinski definition) is 5. The molecule has 1 aromatic heterocycles. The summed E-state index contributed by atoms with van der Waals surface area (Å²) >= 11 is 5.94. The van der Waals surface area contributed by atoms with Gasteiger partial charge in [-0.05, 0) is 18.6 Å². The summed E-state index contributed by atoms with van der Waals surface area (Å²) in [5.74, 6) is 0.0577. The van der Waals surface area contributed by atoms with Gasteiger partial charge in [0.05, 0.1) is 9.95 Å². The Morgan fingerprint density at radius 3 is 2.92 bits per heavy atom. The molecule has 0 bridgehead atoms. The Hall–Kier alpha value is -2.61. The number of ether oxygens (including phenoxy) is 1. The zero-order valence-electron chi connectivity index (χ0n) is 13.1. The number of nitro groups is 1. The molecule has 0 saturated carbocycles. The van der Waals surface area contributed by atoms with E-state index in [-0.39, 0.29) is 23.3 Å². The molecule has 0 saturated heterocycles. The Kier molecular flexibility index (Phi) is 6.14. The van der Waals surface area contributed by atoms with Gasteiger partial charge in [-0.25, -0.2) is 4.68 Å². The summed E-state index contributed by atoms with van der Waals surface area (Å²) in [7, 11) is 0. The number of rotatable bonds is 8. The van der Waals surface area contributed by atoms with Crippen LogP contribution in [0.4, 0.5) is 5.69 Å². The van der Waals surface area contributed by atoms with E-state index in [9.17, 15) is 14.9 Å². The molecule has 2 rings (SSSR count). The van der Waals surface area contributed by atoms with Crippen molar-refractivity contribution in [2.24, 2.45) is 0 Å². The van der Waals surface area contributed by atoms with E-state index in [1.54, 1.807) is 12.3 Å².